The molecule has 1 unspecified atom stereocenters. The molecule has 0 spiro atoms. The maximum atomic E-state index is 5.91. The van der Waals surface area contributed by atoms with Crippen molar-refractivity contribution < 1.29 is 0 Å². The summed E-state index contributed by atoms with van der Waals surface area (Å²) in [6.07, 6.45) is 4.01. The minimum absolute atomic E-state index is 0.360. The molecule has 1 saturated carbocycles. The van der Waals surface area contributed by atoms with E-state index in [2.05, 4.69) is 52.1 Å². The minimum Gasteiger partial charge on any atom is -0.329 e. The van der Waals surface area contributed by atoms with E-state index in [1.807, 2.05) is 0 Å². The number of benzene rings is 1. The van der Waals surface area contributed by atoms with Crippen molar-refractivity contribution in [1.29, 1.82) is 0 Å². The highest BCUT2D eigenvalue weighted by molar-refractivity contribution is 9.10. The summed E-state index contributed by atoms with van der Waals surface area (Å²) in [5.41, 5.74) is 7.23. The van der Waals surface area contributed by atoms with Crippen LogP contribution < -0.4 is 5.73 Å². The van der Waals surface area contributed by atoms with Crippen molar-refractivity contribution in [2.24, 2.45) is 5.73 Å². The Labute approximate surface area is 106 Å². The Morgan fingerprint density at radius 3 is 2.44 bits per heavy atom. The summed E-state index contributed by atoms with van der Waals surface area (Å²) in [5, 5.41) is 0. The van der Waals surface area contributed by atoms with Crippen LogP contribution >= 0.6 is 15.9 Å². The van der Waals surface area contributed by atoms with Crippen LogP contribution in [0.4, 0.5) is 0 Å². The fourth-order valence-corrected chi connectivity index (χ4v) is 2.54. The van der Waals surface area contributed by atoms with Crippen molar-refractivity contribution in [3.05, 3.63) is 34.3 Å². The number of hydrogen-bond donors (Lipinski definition) is 1. The molecular formula is C13H19BrN2. The van der Waals surface area contributed by atoms with Crippen LogP contribution in [-0.2, 0) is 0 Å². The van der Waals surface area contributed by atoms with Gasteiger partial charge in [-0.2, -0.15) is 0 Å². The highest BCUT2D eigenvalue weighted by atomic mass is 79.9. The molecular weight excluding hydrogens is 264 g/mol. The molecule has 1 atom stereocenters. The van der Waals surface area contributed by atoms with Gasteiger partial charge in [0.1, 0.15) is 0 Å². The number of likely N-dealkylation sites (N-methyl/N-ethyl adjacent to an activating group) is 1. The first-order valence-corrected chi connectivity index (χ1v) is 6.69. The van der Waals surface area contributed by atoms with E-state index in [0.717, 1.165) is 10.5 Å². The van der Waals surface area contributed by atoms with Gasteiger partial charge in [0.25, 0.3) is 0 Å². The summed E-state index contributed by atoms with van der Waals surface area (Å²) in [7, 11) is 2.20. The van der Waals surface area contributed by atoms with Gasteiger partial charge >= 0.3 is 0 Å². The van der Waals surface area contributed by atoms with E-state index < -0.39 is 0 Å². The summed E-state index contributed by atoms with van der Waals surface area (Å²) in [6.45, 7) is 0.689. The van der Waals surface area contributed by atoms with Gasteiger partial charge in [-0.05, 0) is 37.6 Å². The molecule has 1 fully saturated rings. The van der Waals surface area contributed by atoms with E-state index in [-0.39, 0.29) is 0 Å². The lowest BCUT2D eigenvalue weighted by molar-refractivity contribution is 0.113. The molecule has 1 aromatic carbocycles. The van der Waals surface area contributed by atoms with E-state index in [0.29, 0.717) is 12.6 Å². The van der Waals surface area contributed by atoms with Crippen LogP contribution in [0, 0.1) is 0 Å². The summed E-state index contributed by atoms with van der Waals surface area (Å²) in [4.78, 5) is 2.44. The van der Waals surface area contributed by atoms with Crippen molar-refractivity contribution in [2.45, 2.75) is 31.3 Å². The number of nitrogens with two attached hydrogens (primary N) is 1. The lowest BCUT2D eigenvalue weighted by Gasteiger charge is -2.39. The highest BCUT2D eigenvalue weighted by Crippen LogP contribution is 2.30. The number of halogens is 1. The van der Waals surface area contributed by atoms with E-state index in [4.69, 9.17) is 5.73 Å². The molecule has 1 aliphatic rings. The summed E-state index contributed by atoms with van der Waals surface area (Å²) < 4.78 is 1.12. The lowest BCUT2D eigenvalue weighted by Crippen LogP contribution is -2.42. The molecule has 0 heterocycles. The maximum Gasteiger partial charge on any atom is 0.0470 e. The fraction of sp³-hybridized carbons (Fsp3) is 0.538. The minimum atomic E-state index is 0.360. The molecule has 0 bridgehead atoms. The van der Waals surface area contributed by atoms with Crippen molar-refractivity contribution >= 4 is 15.9 Å². The molecule has 0 saturated heterocycles. The zero-order chi connectivity index (χ0) is 11.5. The Balaban J connectivity index is 2.11. The van der Waals surface area contributed by atoms with Gasteiger partial charge in [-0.1, -0.05) is 34.5 Å². The summed E-state index contributed by atoms with van der Waals surface area (Å²) >= 11 is 3.46. The third-order valence-electron chi connectivity index (χ3n) is 3.62. The van der Waals surface area contributed by atoms with Crippen molar-refractivity contribution in [3.8, 4) is 0 Å². The summed E-state index contributed by atoms with van der Waals surface area (Å²) in [5.74, 6) is 0. The molecule has 0 radical (unpaired) electrons. The molecule has 2 N–H and O–H groups in total. The van der Waals surface area contributed by atoms with Crippen LogP contribution in [0.5, 0.6) is 0 Å². The van der Waals surface area contributed by atoms with Gasteiger partial charge in [-0.15, -0.1) is 0 Å². The standard InChI is InChI=1S/C13H19BrN2/c1-16(12-3-2-4-12)13(9-15)10-5-7-11(14)8-6-10/h5-8,12-13H,2-4,9,15H2,1H3. The van der Waals surface area contributed by atoms with E-state index in [9.17, 15) is 0 Å². The molecule has 16 heavy (non-hydrogen) atoms. The molecule has 3 heteroatoms. The second kappa shape index (κ2) is 5.30. The van der Waals surface area contributed by atoms with Gasteiger partial charge in [-0.25, -0.2) is 0 Å². The first-order valence-electron chi connectivity index (χ1n) is 5.90. The molecule has 1 aliphatic carbocycles. The smallest absolute Gasteiger partial charge is 0.0470 e. The van der Waals surface area contributed by atoms with Crippen LogP contribution in [0.25, 0.3) is 0 Å². The Kier molecular flexibility index (Phi) is 4.00. The van der Waals surface area contributed by atoms with Gasteiger partial charge in [0.2, 0.25) is 0 Å². The van der Waals surface area contributed by atoms with Crippen LogP contribution in [0.15, 0.2) is 28.7 Å². The lowest BCUT2D eigenvalue weighted by atomic mass is 9.89. The molecule has 0 aromatic heterocycles. The third-order valence-corrected chi connectivity index (χ3v) is 4.15. The van der Waals surface area contributed by atoms with E-state index in [1.165, 1.54) is 24.8 Å². The SMILES string of the molecule is CN(C1CCC1)C(CN)c1ccc(Br)cc1. The second-order valence-corrected chi connectivity index (χ2v) is 5.47. The van der Waals surface area contributed by atoms with Crippen LogP contribution in [0.2, 0.25) is 0 Å². The molecule has 2 nitrogen and oxygen atoms in total. The molecule has 0 aliphatic heterocycles. The quantitative estimate of drug-likeness (QED) is 0.920. The Bertz CT molecular complexity index is 332. The topological polar surface area (TPSA) is 29.3 Å². The molecule has 2 rings (SSSR count). The Hall–Kier alpha value is -0.380. The zero-order valence-corrected chi connectivity index (χ0v) is 11.3. The monoisotopic (exact) mass is 282 g/mol. The van der Waals surface area contributed by atoms with E-state index in [1.54, 1.807) is 0 Å². The molecule has 0 amide bonds. The largest absolute Gasteiger partial charge is 0.329 e. The van der Waals surface area contributed by atoms with Gasteiger partial charge in [0.15, 0.2) is 0 Å². The van der Waals surface area contributed by atoms with Gasteiger partial charge in [0, 0.05) is 23.1 Å². The van der Waals surface area contributed by atoms with Crippen LogP contribution in [-0.4, -0.2) is 24.5 Å². The molecule has 1 aromatic rings. The maximum absolute atomic E-state index is 5.91. The second-order valence-electron chi connectivity index (χ2n) is 4.55. The van der Waals surface area contributed by atoms with Crippen molar-refractivity contribution in [1.82, 2.24) is 4.90 Å². The van der Waals surface area contributed by atoms with Crippen LogP contribution in [0.3, 0.4) is 0 Å². The van der Waals surface area contributed by atoms with E-state index >= 15 is 0 Å². The Morgan fingerprint density at radius 2 is 2.00 bits per heavy atom. The summed E-state index contributed by atoms with van der Waals surface area (Å²) in [6, 6.07) is 9.60. The number of nitrogens with zero attached hydrogens (tertiary/aromatic N) is 1. The fourth-order valence-electron chi connectivity index (χ4n) is 2.27. The normalized spacial score (nSPS) is 18.5. The van der Waals surface area contributed by atoms with Gasteiger partial charge < -0.3 is 5.73 Å². The number of hydrogen-bond acceptors (Lipinski definition) is 2. The first-order chi connectivity index (χ1) is 7.72. The van der Waals surface area contributed by atoms with Crippen molar-refractivity contribution in [2.75, 3.05) is 13.6 Å². The first kappa shape index (κ1) is 12.1. The Morgan fingerprint density at radius 1 is 1.38 bits per heavy atom. The average Bonchev–Trinajstić information content (AvgIpc) is 2.19. The van der Waals surface area contributed by atoms with Crippen molar-refractivity contribution in [3.63, 3.8) is 0 Å². The molecule has 88 valence electrons. The predicted octanol–water partition coefficient (Wildman–Crippen LogP) is 2.93. The van der Waals surface area contributed by atoms with Crippen LogP contribution in [0.1, 0.15) is 30.9 Å². The number of rotatable bonds is 4. The predicted molar refractivity (Wildman–Crippen MR) is 71.3 cm³/mol. The zero-order valence-electron chi connectivity index (χ0n) is 9.70. The highest BCUT2D eigenvalue weighted by Gasteiger charge is 2.27. The van der Waals surface area contributed by atoms with Gasteiger partial charge in [-0.3, -0.25) is 4.90 Å². The third kappa shape index (κ3) is 2.47. The van der Waals surface area contributed by atoms with Gasteiger partial charge in [0.05, 0.1) is 0 Å². The average molecular weight is 283 g/mol.